The van der Waals surface area contributed by atoms with E-state index in [-0.39, 0.29) is 52.9 Å². The van der Waals surface area contributed by atoms with E-state index < -0.39 is 5.97 Å². The number of ketones is 1. The molecule has 4 rings (SSSR count). The average Bonchev–Trinajstić information content (AvgIpc) is 2.72. The van der Waals surface area contributed by atoms with E-state index in [0.717, 1.165) is 3.58 Å². The van der Waals surface area contributed by atoms with Crippen LogP contribution in [0.15, 0.2) is 34.2 Å². The Labute approximate surface area is 257 Å². The van der Waals surface area contributed by atoms with Gasteiger partial charge in [-0.05, 0) is 89.4 Å². The molecule has 32 heavy (non-hydrogen) atoms. The van der Waals surface area contributed by atoms with Crippen LogP contribution in [0.2, 0.25) is 20.1 Å². The van der Waals surface area contributed by atoms with Crippen molar-refractivity contribution in [3.05, 3.63) is 65.4 Å². The SMILES string of the molecule is O=C1C(I)=CC2=C(c3c(Cl)c(Cl)c(Cl)c(Cl)c3C(=O)O)C3CC(I)=CC(I)C3OC2=C1I. The van der Waals surface area contributed by atoms with Gasteiger partial charge in [-0.25, -0.2) is 4.79 Å². The number of hydrogen-bond donors (Lipinski definition) is 1. The van der Waals surface area contributed by atoms with E-state index in [1.54, 1.807) is 6.08 Å². The molecule has 0 bridgehead atoms. The zero-order valence-electron chi connectivity index (χ0n) is 15.3. The maximum atomic E-state index is 12.7. The van der Waals surface area contributed by atoms with E-state index in [1.807, 2.05) is 45.2 Å². The van der Waals surface area contributed by atoms with Crippen LogP contribution >= 0.6 is 137 Å². The highest BCUT2D eigenvalue weighted by atomic mass is 127. The zero-order valence-corrected chi connectivity index (χ0v) is 26.9. The molecule has 0 saturated heterocycles. The predicted octanol–water partition coefficient (Wildman–Crippen LogP) is 8.84. The first-order valence-corrected chi connectivity index (χ1v) is 14.8. The molecule has 168 valence electrons. The van der Waals surface area contributed by atoms with Gasteiger partial charge in [0.25, 0.3) is 0 Å². The van der Waals surface area contributed by atoms with Crippen molar-refractivity contribution in [2.24, 2.45) is 5.92 Å². The molecule has 1 heterocycles. The maximum Gasteiger partial charge on any atom is 0.337 e. The number of carbonyl (C=O) groups excluding carboxylic acids is 1. The minimum atomic E-state index is -1.28. The summed E-state index contributed by atoms with van der Waals surface area (Å²) < 4.78 is 8.37. The number of benzene rings is 1. The number of carboxylic acids is 1. The van der Waals surface area contributed by atoms with Crippen LogP contribution in [0.5, 0.6) is 0 Å². The fourth-order valence-electron chi connectivity index (χ4n) is 3.94. The van der Waals surface area contributed by atoms with E-state index in [0.29, 0.717) is 30.5 Å². The van der Waals surface area contributed by atoms with E-state index in [9.17, 15) is 14.7 Å². The number of fused-ring (bicyclic) bond motifs is 2. The highest BCUT2D eigenvalue weighted by Gasteiger charge is 2.46. The second-order valence-corrected chi connectivity index (χ2v) is 13.6. The summed E-state index contributed by atoms with van der Waals surface area (Å²) >= 11 is 34.1. The molecule has 0 spiro atoms. The Hall–Kier alpha value is 1.20. The third-order valence-electron chi connectivity index (χ3n) is 5.26. The number of alkyl halides is 1. The van der Waals surface area contributed by atoms with Crippen molar-refractivity contribution in [1.82, 2.24) is 0 Å². The Bertz CT molecular complexity index is 1230. The lowest BCUT2D eigenvalue weighted by Crippen LogP contribution is -2.40. The summed E-state index contributed by atoms with van der Waals surface area (Å²) in [5.74, 6) is -1.26. The van der Waals surface area contributed by atoms with Gasteiger partial charge >= 0.3 is 5.97 Å². The van der Waals surface area contributed by atoms with Gasteiger partial charge in [0.05, 0.1) is 33.2 Å². The van der Waals surface area contributed by atoms with E-state index >= 15 is 0 Å². The second kappa shape index (κ2) is 9.92. The molecule has 3 unspecified atom stereocenters. The van der Waals surface area contributed by atoms with Crippen LogP contribution < -0.4 is 0 Å². The fraction of sp³-hybridized carbons (Fsp3) is 0.200. The summed E-state index contributed by atoms with van der Waals surface area (Å²) in [5.41, 5.74) is 1.23. The summed E-state index contributed by atoms with van der Waals surface area (Å²) in [6.45, 7) is 0. The summed E-state index contributed by atoms with van der Waals surface area (Å²) in [5, 5.41) is 9.75. The van der Waals surface area contributed by atoms with Crippen molar-refractivity contribution in [2.75, 3.05) is 0 Å². The third-order valence-corrected chi connectivity index (χ3v) is 10.7. The molecule has 3 atom stereocenters. The molecule has 1 aromatic carbocycles. The Kier molecular flexibility index (Phi) is 8.15. The number of carboxylic acid groups (broad SMARTS) is 1. The first-order chi connectivity index (χ1) is 15.0. The van der Waals surface area contributed by atoms with Crippen LogP contribution in [-0.2, 0) is 9.53 Å². The third kappa shape index (κ3) is 4.32. The standard InChI is InChI=1S/C20H8Cl4I4O4/c21-12-10(11(20(30)31)13(22)15(24)14(12)23)9-5-1-4(25)2-8(27)18(5)32-19-6(9)3-7(26)17(29)16(19)28/h2-3,5,8,18H,1H2,(H,30,31). The highest BCUT2D eigenvalue weighted by Crippen LogP contribution is 2.55. The van der Waals surface area contributed by atoms with Crippen molar-refractivity contribution in [3.8, 4) is 0 Å². The highest BCUT2D eigenvalue weighted by molar-refractivity contribution is 14.1. The molecular weight excluding hydrogens is 954 g/mol. The second-order valence-electron chi connectivity index (χ2n) is 7.05. The van der Waals surface area contributed by atoms with Crippen LogP contribution in [0, 0.1) is 5.92 Å². The van der Waals surface area contributed by atoms with Crippen molar-refractivity contribution < 1.29 is 19.4 Å². The van der Waals surface area contributed by atoms with Crippen molar-refractivity contribution >= 4 is 154 Å². The van der Waals surface area contributed by atoms with Gasteiger partial charge in [0.15, 0.2) is 0 Å². The number of carbonyl (C=O) groups is 2. The van der Waals surface area contributed by atoms with E-state index in [2.05, 4.69) is 51.3 Å². The Balaban J connectivity index is 2.17. The molecule has 0 radical (unpaired) electrons. The monoisotopic (exact) mass is 960 g/mol. The number of aromatic carboxylic acids is 1. The lowest BCUT2D eigenvalue weighted by Gasteiger charge is -2.42. The molecule has 2 aliphatic carbocycles. The molecule has 0 fully saturated rings. The van der Waals surface area contributed by atoms with Crippen molar-refractivity contribution in [3.63, 3.8) is 0 Å². The van der Waals surface area contributed by atoms with E-state index in [4.69, 9.17) is 51.1 Å². The molecule has 0 aromatic heterocycles. The van der Waals surface area contributed by atoms with Gasteiger partial charge in [-0.1, -0.05) is 75.1 Å². The topological polar surface area (TPSA) is 63.6 Å². The normalized spacial score (nSPS) is 25.1. The quantitative estimate of drug-likeness (QED) is 0.139. The minimum absolute atomic E-state index is 0.00542. The summed E-state index contributed by atoms with van der Waals surface area (Å²) in [4.78, 5) is 25.0. The Morgan fingerprint density at radius 3 is 2.31 bits per heavy atom. The summed E-state index contributed by atoms with van der Waals surface area (Å²) in [7, 11) is 0. The molecule has 3 aliphatic rings. The summed E-state index contributed by atoms with van der Waals surface area (Å²) in [6, 6.07) is 0. The summed E-state index contributed by atoms with van der Waals surface area (Å²) in [6.07, 6.45) is 4.08. The van der Waals surface area contributed by atoms with Gasteiger partial charge in [-0.2, -0.15) is 0 Å². The van der Waals surface area contributed by atoms with Gasteiger partial charge < -0.3 is 9.84 Å². The van der Waals surface area contributed by atoms with Gasteiger partial charge in [0, 0.05) is 17.1 Å². The van der Waals surface area contributed by atoms with Crippen LogP contribution in [0.4, 0.5) is 0 Å². The fourth-order valence-corrected chi connectivity index (χ4v) is 9.41. The number of ether oxygens (including phenoxy) is 1. The van der Waals surface area contributed by atoms with Crippen LogP contribution in [0.1, 0.15) is 22.3 Å². The first-order valence-electron chi connectivity index (χ1n) is 8.78. The molecule has 0 amide bonds. The molecule has 1 N–H and O–H groups in total. The number of rotatable bonds is 2. The number of Topliss-reactive ketones (excluding diaryl/α,β-unsaturated/α-hetero) is 1. The number of halogens is 8. The van der Waals surface area contributed by atoms with Crippen molar-refractivity contribution in [2.45, 2.75) is 16.4 Å². The van der Waals surface area contributed by atoms with Gasteiger partial charge in [0.1, 0.15) is 15.4 Å². The van der Waals surface area contributed by atoms with Crippen LogP contribution in [-0.4, -0.2) is 26.9 Å². The van der Waals surface area contributed by atoms with Gasteiger partial charge in [-0.3, -0.25) is 4.79 Å². The van der Waals surface area contributed by atoms with E-state index in [1.165, 1.54) is 0 Å². The first kappa shape index (κ1) is 26.3. The van der Waals surface area contributed by atoms with Crippen LogP contribution in [0.3, 0.4) is 0 Å². The van der Waals surface area contributed by atoms with Gasteiger partial charge in [0.2, 0.25) is 5.78 Å². The molecule has 12 heteroatoms. The smallest absolute Gasteiger partial charge is 0.337 e. The Morgan fingerprint density at radius 2 is 1.69 bits per heavy atom. The minimum Gasteiger partial charge on any atom is -0.486 e. The molecule has 1 aliphatic heterocycles. The Morgan fingerprint density at radius 1 is 1.06 bits per heavy atom. The largest absolute Gasteiger partial charge is 0.486 e. The number of allylic oxidation sites excluding steroid dienone is 4. The lowest BCUT2D eigenvalue weighted by molar-refractivity contribution is -0.111. The average molecular weight is 962 g/mol. The predicted molar refractivity (Wildman–Crippen MR) is 161 cm³/mol. The molecule has 1 aromatic rings. The maximum absolute atomic E-state index is 12.7. The zero-order chi connectivity index (χ0) is 23.6. The van der Waals surface area contributed by atoms with Crippen LogP contribution in [0.25, 0.3) is 5.57 Å². The molecule has 4 nitrogen and oxygen atoms in total. The van der Waals surface area contributed by atoms with Crippen molar-refractivity contribution in [1.29, 1.82) is 0 Å². The lowest BCUT2D eigenvalue weighted by atomic mass is 9.75. The molecular formula is C20H8Cl4I4O4. The number of hydrogen-bond acceptors (Lipinski definition) is 3. The molecule has 0 saturated carbocycles. The van der Waals surface area contributed by atoms with Gasteiger partial charge in [-0.15, -0.1) is 0 Å².